The second-order valence-corrected chi connectivity index (χ2v) is 8.22. The number of aryl methyl sites for hydroxylation is 1. The molecule has 2 aromatic carbocycles. The summed E-state index contributed by atoms with van der Waals surface area (Å²) in [6.07, 6.45) is 1.58. The minimum absolute atomic E-state index is 0.167. The molecular formula is C19H19N3O3S. The van der Waals surface area contributed by atoms with E-state index in [4.69, 9.17) is 0 Å². The van der Waals surface area contributed by atoms with Crippen molar-refractivity contribution in [3.05, 3.63) is 65.9 Å². The van der Waals surface area contributed by atoms with E-state index in [1.807, 2.05) is 24.3 Å². The van der Waals surface area contributed by atoms with Crippen molar-refractivity contribution in [1.82, 2.24) is 9.29 Å². The molecule has 3 aromatic rings. The van der Waals surface area contributed by atoms with Gasteiger partial charge in [0.15, 0.2) is 0 Å². The molecule has 0 aliphatic carbocycles. The Labute approximate surface area is 152 Å². The number of para-hydroxylation sites is 1. The maximum atomic E-state index is 12.7. The molecule has 0 saturated carbocycles. The van der Waals surface area contributed by atoms with E-state index in [0.29, 0.717) is 16.8 Å². The van der Waals surface area contributed by atoms with Crippen LogP contribution >= 0.6 is 0 Å². The number of aromatic nitrogens is 1. The average Bonchev–Trinajstić information content (AvgIpc) is 2.62. The van der Waals surface area contributed by atoms with Gasteiger partial charge in [-0.25, -0.2) is 12.7 Å². The molecule has 0 atom stereocenters. The minimum atomic E-state index is -3.59. The highest BCUT2D eigenvalue weighted by atomic mass is 32.2. The number of rotatable bonds is 4. The highest BCUT2D eigenvalue weighted by Crippen LogP contribution is 2.24. The summed E-state index contributed by atoms with van der Waals surface area (Å²) < 4.78 is 26.0. The molecule has 0 unspecified atom stereocenters. The summed E-state index contributed by atoms with van der Waals surface area (Å²) in [4.78, 5) is 17.1. The number of carbonyl (C=O) groups excluding carboxylic acids is 1. The number of nitrogens with one attached hydrogen (secondary N) is 1. The summed E-state index contributed by atoms with van der Waals surface area (Å²) in [7, 11) is -0.642. The lowest BCUT2D eigenvalue weighted by atomic mass is 10.1. The number of benzene rings is 2. The Morgan fingerprint density at radius 3 is 2.54 bits per heavy atom. The fraction of sp³-hybridized carbons (Fsp3) is 0.158. The third kappa shape index (κ3) is 3.31. The number of pyridine rings is 1. The molecule has 134 valence electrons. The van der Waals surface area contributed by atoms with E-state index in [-0.39, 0.29) is 10.8 Å². The molecule has 3 rings (SSSR count). The first-order chi connectivity index (χ1) is 12.3. The number of fused-ring (bicyclic) bond motifs is 1. The lowest BCUT2D eigenvalue weighted by Gasteiger charge is -2.15. The van der Waals surface area contributed by atoms with Crippen LogP contribution in [0.3, 0.4) is 0 Å². The molecule has 1 N–H and O–H groups in total. The number of nitrogens with zero attached hydrogens (tertiary/aromatic N) is 2. The van der Waals surface area contributed by atoms with Gasteiger partial charge in [0.1, 0.15) is 0 Å². The second-order valence-electron chi connectivity index (χ2n) is 6.10. The maximum absolute atomic E-state index is 12.7. The van der Waals surface area contributed by atoms with Crippen molar-refractivity contribution >= 4 is 32.5 Å². The number of hydrogen-bond acceptors (Lipinski definition) is 4. The van der Waals surface area contributed by atoms with Gasteiger partial charge in [-0.2, -0.15) is 0 Å². The Morgan fingerprint density at radius 2 is 1.81 bits per heavy atom. The quantitative estimate of drug-likeness (QED) is 0.767. The lowest BCUT2D eigenvalue weighted by Crippen LogP contribution is -2.23. The van der Waals surface area contributed by atoms with Crippen LogP contribution in [0.15, 0.2) is 59.6 Å². The van der Waals surface area contributed by atoms with Crippen molar-refractivity contribution in [2.75, 3.05) is 19.4 Å². The molecule has 26 heavy (non-hydrogen) atoms. The largest absolute Gasteiger partial charge is 0.322 e. The van der Waals surface area contributed by atoms with E-state index in [1.54, 1.807) is 31.3 Å². The Bertz CT molecular complexity index is 1090. The van der Waals surface area contributed by atoms with Gasteiger partial charge in [-0.3, -0.25) is 9.78 Å². The van der Waals surface area contributed by atoms with Gasteiger partial charge >= 0.3 is 0 Å². The molecule has 0 aliphatic rings. The van der Waals surface area contributed by atoms with Crippen LogP contribution in [0.25, 0.3) is 10.9 Å². The Hall–Kier alpha value is -2.77. The fourth-order valence-electron chi connectivity index (χ4n) is 2.64. The molecule has 0 spiro atoms. The van der Waals surface area contributed by atoms with Crippen molar-refractivity contribution in [1.29, 1.82) is 0 Å². The summed E-state index contributed by atoms with van der Waals surface area (Å²) in [6.45, 7) is 1.72. The van der Waals surface area contributed by atoms with Crippen molar-refractivity contribution in [2.45, 2.75) is 11.8 Å². The zero-order valence-electron chi connectivity index (χ0n) is 14.7. The van der Waals surface area contributed by atoms with Crippen LogP contribution in [0.2, 0.25) is 0 Å². The van der Waals surface area contributed by atoms with Crippen LogP contribution in [0.5, 0.6) is 0 Å². The predicted octanol–water partition coefficient (Wildman–Crippen LogP) is 3.05. The summed E-state index contributed by atoms with van der Waals surface area (Å²) in [5, 5.41) is 3.52. The van der Waals surface area contributed by atoms with E-state index in [0.717, 1.165) is 15.2 Å². The molecular weight excluding hydrogens is 350 g/mol. The van der Waals surface area contributed by atoms with Crippen LogP contribution in [-0.2, 0) is 10.0 Å². The van der Waals surface area contributed by atoms with Gasteiger partial charge in [-0.1, -0.05) is 24.3 Å². The zero-order chi connectivity index (χ0) is 18.9. The molecule has 0 fully saturated rings. The van der Waals surface area contributed by atoms with Crippen LogP contribution in [-0.4, -0.2) is 37.7 Å². The molecule has 0 bridgehead atoms. The highest BCUT2D eigenvalue weighted by Gasteiger charge is 2.20. The van der Waals surface area contributed by atoms with Crippen molar-refractivity contribution in [2.24, 2.45) is 0 Å². The third-order valence-corrected chi connectivity index (χ3v) is 6.06. The maximum Gasteiger partial charge on any atom is 0.256 e. The van der Waals surface area contributed by atoms with Gasteiger partial charge in [0.25, 0.3) is 5.91 Å². The molecule has 1 heterocycles. The second kappa shape index (κ2) is 6.86. The number of carbonyl (C=O) groups is 1. The number of amides is 1. The smallest absolute Gasteiger partial charge is 0.256 e. The molecule has 1 amide bonds. The number of sulfonamides is 1. The number of hydrogen-bond donors (Lipinski definition) is 1. The molecule has 0 saturated heterocycles. The van der Waals surface area contributed by atoms with Crippen molar-refractivity contribution in [3.63, 3.8) is 0 Å². The van der Waals surface area contributed by atoms with Crippen molar-refractivity contribution in [3.8, 4) is 0 Å². The van der Waals surface area contributed by atoms with Crippen LogP contribution in [0.4, 0.5) is 5.69 Å². The van der Waals surface area contributed by atoms with Gasteiger partial charge in [0, 0.05) is 31.4 Å². The predicted molar refractivity (Wildman–Crippen MR) is 102 cm³/mol. The van der Waals surface area contributed by atoms with E-state index in [9.17, 15) is 13.2 Å². The van der Waals surface area contributed by atoms with E-state index in [1.165, 1.54) is 20.2 Å². The number of anilines is 1. The van der Waals surface area contributed by atoms with Crippen LogP contribution in [0, 0.1) is 6.92 Å². The third-order valence-electron chi connectivity index (χ3n) is 4.10. The van der Waals surface area contributed by atoms with Crippen LogP contribution < -0.4 is 5.32 Å². The highest BCUT2D eigenvalue weighted by molar-refractivity contribution is 7.89. The summed E-state index contributed by atoms with van der Waals surface area (Å²) >= 11 is 0. The van der Waals surface area contributed by atoms with E-state index >= 15 is 0 Å². The fourth-order valence-corrected chi connectivity index (χ4v) is 3.79. The van der Waals surface area contributed by atoms with E-state index < -0.39 is 10.0 Å². The van der Waals surface area contributed by atoms with Gasteiger partial charge in [0.2, 0.25) is 10.0 Å². The molecule has 7 heteroatoms. The first-order valence-electron chi connectivity index (χ1n) is 7.99. The first kappa shape index (κ1) is 18.0. The monoisotopic (exact) mass is 369 g/mol. The normalized spacial score (nSPS) is 11.7. The topological polar surface area (TPSA) is 79.4 Å². The summed E-state index contributed by atoms with van der Waals surface area (Å²) in [5.74, 6) is -0.319. The van der Waals surface area contributed by atoms with Gasteiger partial charge in [-0.15, -0.1) is 0 Å². The molecule has 0 radical (unpaired) electrons. The summed E-state index contributed by atoms with van der Waals surface area (Å²) in [6, 6.07) is 13.8. The Kier molecular flexibility index (Phi) is 4.76. The molecule has 0 aliphatic heterocycles. The van der Waals surface area contributed by atoms with Gasteiger partial charge in [-0.05, 0) is 36.8 Å². The van der Waals surface area contributed by atoms with Gasteiger partial charge < -0.3 is 5.32 Å². The molecule has 6 nitrogen and oxygen atoms in total. The minimum Gasteiger partial charge on any atom is -0.322 e. The lowest BCUT2D eigenvalue weighted by molar-refractivity contribution is 0.102. The SMILES string of the molecule is Cc1ccc(NC(=O)c2ccnc3ccccc23)cc1S(=O)(=O)N(C)C. The standard InChI is InChI=1S/C19H19N3O3S/c1-13-8-9-14(12-18(13)26(24,25)22(2)3)21-19(23)16-10-11-20-17-7-5-4-6-15(16)17/h4-12H,1-3H3,(H,21,23). The van der Waals surface area contributed by atoms with Crippen molar-refractivity contribution < 1.29 is 13.2 Å². The first-order valence-corrected chi connectivity index (χ1v) is 9.43. The molecule has 1 aromatic heterocycles. The van der Waals surface area contributed by atoms with Gasteiger partial charge in [0.05, 0.1) is 16.0 Å². The van der Waals surface area contributed by atoms with Crippen LogP contribution in [0.1, 0.15) is 15.9 Å². The zero-order valence-corrected chi connectivity index (χ0v) is 15.5. The average molecular weight is 369 g/mol. The Morgan fingerprint density at radius 1 is 1.08 bits per heavy atom. The summed E-state index contributed by atoms with van der Waals surface area (Å²) in [5.41, 5.74) is 2.24. The van der Waals surface area contributed by atoms with E-state index in [2.05, 4.69) is 10.3 Å². The Balaban J connectivity index is 1.98.